The minimum atomic E-state index is -1.97. The molecule has 0 aromatic heterocycles. The van der Waals surface area contributed by atoms with Gasteiger partial charge in [-0.25, -0.2) is 0 Å². The number of hydrogen-bond acceptors (Lipinski definition) is 9. The zero-order valence-electron chi connectivity index (χ0n) is 16.4. The van der Waals surface area contributed by atoms with Gasteiger partial charge in [0.2, 0.25) is 5.79 Å². The zero-order valence-corrected chi connectivity index (χ0v) is 16.4. The maximum atomic E-state index is 12.7. The zero-order chi connectivity index (χ0) is 20.9. The smallest absolute Gasteiger partial charge is 0.303 e. The fourth-order valence-electron chi connectivity index (χ4n) is 4.11. The van der Waals surface area contributed by atoms with Crippen molar-refractivity contribution in [1.29, 1.82) is 0 Å². The summed E-state index contributed by atoms with van der Waals surface area (Å²) in [5.74, 6) is -3.52. The van der Waals surface area contributed by atoms with E-state index >= 15 is 0 Å². The third-order valence-corrected chi connectivity index (χ3v) is 5.57. The largest absolute Gasteiger partial charge is 0.457 e. The van der Waals surface area contributed by atoms with Gasteiger partial charge in [0.1, 0.15) is 0 Å². The van der Waals surface area contributed by atoms with E-state index in [4.69, 9.17) is 18.9 Å². The average molecular weight is 398 g/mol. The quantitative estimate of drug-likeness (QED) is 0.625. The fourth-order valence-corrected chi connectivity index (χ4v) is 4.11. The number of Topliss-reactive ketones (excluding diaryl/α,β-unsaturated/α-hetero) is 1. The van der Waals surface area contributed by atoms with Gasteiger partial charge in [-0.2, -0.15) is 0 Å². The van der Waals surface area contributed by atoms with Crippen LogP contribution in [0.2, 0.25) is 0 Å². The predicted molar refractivity (Wildman–Crippen MR) is 92.9 cm³/mol. The fraction of sp³-hybridized carbons (Fsp3) is 0.737. The van der Waals surface area contributed by atoms with Crippen LogP contribution in [0.1, 0.15) is 47.0 Å². The Kier molecular flexibility index (Phi) is 5.39. The van der Waals surface area contributed by atoms with Crippen molar-refractivity contribution >= 4 is 17.7 Å². The molecule has 1 saturated heterocycles. The van der Waals surface area contributed by atoms with Crippen LogP contribution in [0.3, 0.4) is 0 Å². The van der Waals surface area contributed by atoms with E-state index in [1.807, 2.05) is 6.92 Å². The van der Waals surface area contributed by atoms with Crippen LogP contribution in [-0.2, 0) is 33.3 Å². The molecule has 6 atom stereocenters. The van der Waals surface area contributed by atoms with E-state index in [-0.39, 0.29) is 24.7 Å². The number of ketones is 1. The molecule has 1 fully saturated rings. The van der Waals surface area contributed by atoms with E-state index in [0.717, 1.165) is 0 Å². The summed E-state index contributed by atoms with van der Waals surface area (Å²) in [6.07, 6.45) is -2.83. The topological polar surface area (TPSA) is 129 Å². The van der Waals surface area contributed by atoms with E-state index in [9.17, 15) is 24.6 Å². The summed E-state index contributed by atoms with van der Waals surface area (Å²) in [6.45, 7) is 5.28. The molecule has 0 radical (unpaired) electrons. The van der Waals surface area contributed by atoms with E-state index < -0.39 is 47.4 Å². The summed E-state index contributed by atoms with van der Waals surface area (Å²) in [7, 11) is 0. The molecule has 0 aromatic rings. The molecular weight excluding hydrogens is 372 g/mol. The predicted octanol–water partition coefficient (Wildman–Crippen LogP) is 0.156. The molecule has 3 aliphatic rings. The maximum Gasteiger partial charge on any atom is 0.303 e. The average Bonchev–Trinajstić information content (AvgIpc) is 2.58. The molecule has 2 heterocycles. The molecule has 3 rings (SSSR count). The van der Waals surface area contributed by atoms with Gasteiger partial charge in [-0.3, -0.25) is 14.4 Å². The first-order valence-corrected chi connectivity index (χ1v) is 9.32. The van der Waals surface area contributed by atoms with E-state index in [1.54, 1.807) is 0 Å². The van der Waals surface area contributed by atoms with Crippen LogP contribution >= 0.6 is 0 Å². The molecule has 156 valence electrons. The van der Waals surface area contributed by atoms with Crippen molar-refractivity contribution in [2.75, 3.05) is 6.61 Å². The molecule has 0 amide bonds. The molecule has 2 N–H and O–H groups in total. The summed E-state index contributed by atoms with van der Waals surface area (Å²) in [5, 5.41) is 20.7. The highest BCUT2D eigenvalue weighted by atomic mass is 16.7. The Morgan fingerprint density at radius 2 is 1.82 bits per heavy atom. The number of aliphatic hydroxyl groups excluding tert-OH is 1. The first-order valence-electron chi connectivity index (χ1n) is 9.32. The monoisotopic (exact) mass is 398 g/mol. The maximum absolute atomic E-state index is 12.7. The van der Waals surface area contributed by atoms with Gasteiger partial charge >= 0.3 is 11.9 Å². The van der Waals surface area contributed by atoms with Crippen LogP contribution in [0, 0.1) is 0 Å². The van der Waals surface area contributed by atoms with E-state index in [2.05, 4.69) is 0 Å². The van der Waals surface area contributed by atoms with E-state index in [1.165, 1.54) is 20.8 Å². The lowest BCUT2D eigenvalue weighted by Gasteiger charge is -2.52. The standard InChI is InChI=1S/C19H26O9/c1-9-5-6-15(26-10(2)20)19(28-9)17(27-11(3)21)12-7-14(22)18(4,24)16(23)13(12)8-25-19/h9,14-15,17,22,24H,5-8H2,1-4H3. The van der Waals surface area contributed by atoms with Crippen molar-refractivity contribution < 1.29 is 43.5 Å². The SMILES string of the molecule is CC(=O)OC1CCC(C)OC12OCC1=C(CC(O)C(C)(O)C1=O)C2OC(C)=O. The second kappa shape index (κ2) is 7.22. The Labute approximate surface area is 162 Å². The Morgan fingerprint density at radius 1 is 1.18 bits per heavy atom. The highest BCUT2D eigenvalue weighted by Gasteiger charge is 2.61. The Bertz CT molecular complexity index is 725. The molecule has 0 aromatic carbocycles. The lowest BCUT2D eigenvalue weighted by atomic mass is 9.73. The molecule has 1 spiro atoms. The lowest BCUT2D eigenvalue weighted by Crippen LogP contribution is -2.66. The Hall–Kier alpha value is -1.81. The molecule has 1 aliphatic carbocycles. The van der Waals surface area contributed by atoms with Crippen LogP contribution in [-0.4, -0.2) is 70.3 Å². The van der Waals surface area contributed by atoms with Crippen molar-refractivity contribution in [3.05, 3.63) is 11.1 Å². The highest BCUT2D eigenvalue weighted by molar-refractivity contribution is 6.04. The number of aliphatic hydroxyl groups is 2. The van der Waals surface area contributed by atoms with Crippen molar-refractivity contribution in [2.45, 2.75) is 82.8 Å². The minimum absolute atomic E-state index is 0.109. The van der Waals surface area contributed by atoms with Crippen molar-refractivity contribution in [3.8, 4) is 0 Å². The lowest BCUT2D eigenvalue weighted by molar-refractivity contribution is -0.351. The van der Waals surface area contributed by atoms with Crippen molar-refractivity contribution in [3.63, 3.8) is 0 Å². The highest BCUT2D eigenvalue weighted by Crippen LogP contribution is 2.46. The van der Waals surface area contributed by atoms with Crippen LogP contribution in [0.5, 0.6) is 0 Å². The second-order valence-electron chi connectivity index (χ2n) is 7.80. The second-order valence-corrected chi connectivity index (χ2v) is 7.80. The number of esters is 2. The van der Waals surface area contributed by atoms with Crippen molar-refractivity contribution in [1.82, 2.24) is 0 Å². The van der Waals surface area contributed by atoms with Gasteiger partial charge in [0.25, 0.3) is 0 Å². The van der Waals surface area contributed by atoms with Crippen molar-refractivity contribution in [2.24, 2.45) is 0 Å². The molecule has 2 aliphatic heterocycles. The summed E-state index contributed by atoms with van der Waals surface area (Å²) in [4.78, 5) is 36.2. The number of carbonyl (C=O) groups excluding carboxylic acids is 3. The molecule has 6 unspecified atom stereocenters. The third kappa shape index (κ3) is 3.36. The Balaban J connectivity index is 2.11. The molecule has 0 bridgehead atoms. The van der Waals surface area contributed by atoms with Gasteiger partial charge in [-0.1, -0.05) is 0 Å². The summed E-state index contributed by atoms with van der Waals surface area (Å²) >= 11 is 0. The number of rotatable bonds is 2. The number of carbonyl (C=O) groups is 3. The number of hydrogen-bond donors (Lipinski definition) is 2. The first-order chi connectivity index (χ1) is 13.0. The normalized spacial score (nSPS) is 40.9. The van der Waals surface area contributed by atoms with Gasteiger partial charge in [-0.15, -0.1) is 0 Å². The van der Waals surface area contributed by atoms with Crippen LogP contribution < -0.4 is 0 Å². The first kappa shape index (κ1) is 20.9. The summed E-state index contributed by atoms with van der Waals surface area (Å²) in [6, 6.07) is 0. The van der Waals surface area contributed by atoms with Gasteiger partial charge in [0.05, 0.1) is 18.8 Å². The molecular formula is C19H26O9. The van der Waals surface area contributed by atoms with Crippen LogP contribution in [0.15, 0.2) is 11.1 Å². The molecule has 9 heteroatoms. The molecule has 0 saturated carbocycles. The minimum Gasteiger partial charge on any atom is -0.457 e. The third-order valence-electron chi connectivity index (χ3n) is 5.57. The van der Waals surface area contributed by atoms with Crippen LogP contribution in [0.25, 0.3) is 0 Å². The van der Waals surface area contributed by atoms with Crippen LogP contribution in [0.4, 0.5) is 0 Å². The summed E-state index contributed by atoms with van der Waals surface area (Å²) in [5.41, 5.74) is -1.52. The molecule has 28 heavy (non-hydrogen) atoms. The van der Waals surface area contributed by atoms with E-state index in [0.29, 0.717) is 18.4 Å². The number of ether oxygens (including phenoxy) is 4. The van der Waals surface area contributed by atoms with Gasteiger partial charge < -0.3 is 29.2 Å². The van der Waals surface area contributed by atoms with Gasteiger partial charge in [-0.05, 0) is 32.3 Å². The van der Waals surface area contributed by atoms with Gasteiger partial charge in [0, 0.05) is 25.8 Å². The van der Waals surface area contributed by atoms with Gasteiger partial charge in [0.15, 0.2) is 23.6 Å². The Morgan fingerprint density at radius 3 is 2.43 bits per heavy atom. The summed E-state index contributed by atoms with van der Waals surface area (Å²) < 4.78 is 22.9. The molecule has 9 nitrogen and oxygen atoms in total.